The number of rotatable bonds is 7. The second-order valence-corrected chi connectivity index (χ2v) is 4.29. The van der Waals surface area contributed by atoms with Crippen LogP contribution in [0.2, 0.25) is 0 Å². The molecular formula is C12H22N4O2. The number of carbonyl (C=O) groups is 1. The van der Waals surface area contributed by atoms with Gasteiger partial charge in [0.2, 0.25) is 5.91 Å². The van der Waals surface area contributed by atoms with Crippen LogP contribution in [0.3, 0.4) is 0 Å². The molecule has 1 amide bonds. The van der Waals surface area contributed by atoms with Crippen molar-refractivity contribution in [1.29, 1.82) is 0 Å². The van der Waals surface area contributed by atoms with Gasteiger partial charge in [-0.05, 0) is 13.8 Å². The predicted molar refractivity (Wildman–Crippen MR) is 68.9 cm³/mol. The molecule has 6 nitrogen and oxygen atoms in total. The lowest BCUT2D eigenvalue weighted by molar-refractivity contribution is -0.131. The van der Waals surface area contributed by atoms with E-state index in [9.17, 15) is 4.79 Å². The van der Waals surface area contributed by atoms with Crippen molar-refractivity contribution in [3.63, 3.8) is 0 Å². The second-order valence-electron chi connectivity index (χ2n) is 4.29. The van der Waals surface area contributed by atoms with E-state index in [1.807, 2.05) is 20.0 Å². The Kier molecular flexibility index (Phi) is 5.80. The molecule has 0 bridgehead atoms. The summed E-state index contributed by atoms with van der Waals surface area (Å²) in [5, 5.41) is 16.0. The van der Waals surface area contributed by atoms with E-state index in [4.69, 9.17) is 5.11 Å². The highest BCUT2D eigenvalue weighted by molar-refractivity contribution is 5.81. The molecule has 0 aliphatic heterocycles. The molecule has 1 aromatic heterocycles. The Morgan fingerprint density at radius 1 is 1.67 bits per heavy atom. The number of nitrogens with zero attached hydrogens (tertiary/aromatic N) is 3. The summed E-state index contributed by atoms with van der Waals surface area (Å²) in [7, 11) is 1.79. The first-order chi connectivity index (χ1) is 8.58. The maximum Gasteiger partial charge on any atom is 0.239 e. The summed E-state index contributed by atoms with van der Waals surface area (Å²) in [6, 6.07) is -0.212. The van der Waals surface area contributed by atoms with Gasteiger partial charge in [0.15, 0.2) is 0 Å². The van der Waals surface area contributed by atoms with E-state index in [0.29, 0.717) is 19.6 Å². The van der Waals surface area contributed by atoms with Gasteiger partial charge >= 0.3 is 0 Å². The molecule has 0 saturated carbocycles. The summed E-state index contributed by atoms with van der Waals surface area (Å²) in [6.45, 7) is 5.67. The zero-order valence-electron chi connectivity index (χ0n) is 11.3. The van der Waals surface area contributed by atoms with Crippen molar-refractivity contribution in [3.05, 3.63) is 18.0 Å². The lowest BCUT2D eigenvalue weighted by atomic mass is 10.2. The molecule has 1 rings (SSSR count). The maximum absolute atomic E-state index is 11.8. The molecule has 0 aromatic carbocycles. The van der Waals surface area contributed by atoms with Gasteiger partial charge in [0.05, 0.1) is 25.4 Å². The zero-order chi connectivity index (χ0) is 13.5. The SMILES string of the molecule is CCN(C)C(=O)C(C)NCc1cnn(CCO)c1. The van der Waals surface area contributed by atoms with Crippen molar-refractivity contribution >= 4 is 5.91 Å². The molecular weight excluding hydrogens is 232 g/mol. The van der Waals surface area contributed by atoms with Crippen molar-refractivity contribution in [2.45, 2.75) is 33.0 Å². The average Bonchev–Trinajstić information content (AvgIpc) is 2.82. The minimum absolute atomic E-state index is 0.0741. The average molecular weight is 254 g/mol. The number of likely N-dealkylation sites (N-methyl/N-ethyl adjacent to an activating group) is 1. The monoisotopic (exact) mass is 254 g/mol. The highest BCUT2D eigenvalue weighted by atomic mass is 16.3. The van der Waals surface area contributed by atoms with Crippen LogP contribution in [0.1, 0.15) is 19.4 Å². The van der Waals surface area contributed by atoms with Gasteiger partial charge in [-0.25, -0.2) is 0 Å². The topological polar surface area (TPSA) is 70.4 Å². The van der Waals surface area contributed by atoms with E-state index < -0.39 is 0 Å². The summed E-state index contributed by atoms with van der Waals surface area (Å²) in [6.07, 6.45) is 3.60. The lowest BCUT2D eigenvalue weighted by Crippen LogP contribution is -2.42. The van der Waals surface area contributed by atoms with Gasteiger partial charge in [-0.3, -0.25) is 9.48 Å². The van der Waals surface area contributed by atoms with E-state index in [0.717, 1.165) is 5.56 Å². The molecule has 1 aromatic rings. The van der Waals surface area contributed by atoms with Crippen LogP contribution in [0.15, 0.2) is 12.4 Å². The Hall–Kier alpha value is -1.40. The molecule has 1 heterocycles. The number of nitrogens with one attached hydrogen (secondary N) is 1. The highest BCUT2D eigenvalue weighted by Crippen LogP contribution is 1.99. The van der Waals surface area contributed by atoms with Gasteiger partial charge in [0.1, 0.15) is 0 Å². The third-order valence-corrected chi connectivity index (χ3v) is 2.85. The summed E-state index contributed by atoms with van der Waals surface area (Å²) in [4.78, 5) is 13.5. The van der Waals surface area contributed by atoms with Crippen molar-refractivity contribution < 1.29 is 9.90 Å². The second kappa shape index (κ2) is 7.13. The first kappa shape index (κ1) is 14.7. The van der Waals surface area contributed by atoms with Crippen LogP contribution in [0.5, 0.6) is 0 Å². The van der Waals surface area contributed by atoms with Crippen molar-refractivity contribution in [2.75, 3.05) is 20.2 Å². The fourth-order valence-electron chi connectivity index (χ4n) is 1.57. The van der Waals surface area contributed by atoms with Crippen LogP contribution in [0.25, 0.3) is 0 Å². The number of amides is 1. The molecule has 0 aliphatic rings. The first-order valence-corrected chi connectivity index (χ1v) is 6.19. The van der Waals surface area contributed by atoms with Gasteiger partial charge in [0, 0.05) is 31.9 Å². The minimum atomic E-state index is -0.212. The molecule has 0 fully saturated rings. The standard InChI is InChI=1S/C12H22N4O2/c1-4-15(3)12(18)10(2)13-7-11-8-14-16(9-11)5-6-17/h8-10,13,17H,4-7H2,1-3H3. The fraction of sp³-hybridized carbons (Fsp3) is 0.667. The molecule has 2 N–H and O–H groups in total. The fourth-order valence-corrected chi connectivity index (χ4v) is 1.57. The van der Waals surface area contributed by atoms with Crippen molar-refractivity contribution in [2.24, 2.45) is 0 Å². The van der Waals surface area contributed by atoms with Crippen molar-refractivity contribution in [3.8, 4) is 0 Å². The van der Waals surface area contributed by atoms with E-state index in [1.165, 1.54) is 0 Å². The summed E-state index contributed by atoms with van der Waals surface area (Å²) < 4.78 is 1.68. The number of aromatic nitrogens is 2. The Labute approximate surface area is 108 Å². The third kappa shape index (κ3) is 4.12. The largest absolute Gasteiger partial charge is 0.394 e. The Morgan fingerprint density at radius 2 is 2.39 bits per heavy atom. The Morgan fingerprint density at radius 3 is 3.00 bits per heavy atom. The van der Waals surface area contributed by atoms with E-state index in [1.54, 1.807) is 22.8 Å². The van der Waals surface area contributed by atoms with E-state index in [2.05, 4.69) is 10.4 Å². The van der Waals surface area contributed by atoms with E-state index >= 15 is 0 Å². The van der Waals surface area contributed by atoms with Crippen LogP contribution in [-0.2, 0) is 17.9 Å². The highest BCUT2D eigenvalue weighted by Gasteiger charge is 2.15. The number of carbonyl (C=O) groups excluding carboxylic acids is 1. The molecule has 0 aliphatic carbocycles. The molecule has 6 heteroatoms. The zero-order valence-corrected chi connectivity index (χ0v) is 11.3. The predicted octanol–water partition coefficient (Wildman–Crippen LogP) is -0.168. The Bertz CT molecular complexity index is 378. The van der Waals surface area contributed by atoms with Crippen LogP contribution in [0, 0.1) is 0 Å². The van der Waals surface area contributed by atoms with Gasteiger partial charge < -0.3 is 15.3 Å². The van der Waals surface area contributed by atoms with Gasteiger partial charge in [-0.1, -0.05) is 0 Å². The van der Waals surface area contributed by atoms with Crippen LogP contribution in [-0.4, -0.2) is 51.9 Å². The van der Waals surface area contributed by atoms with E-state index in [-0.39, 0.29) is 18.6 Å². The molecule has 18 heavy (non-hydrogen) atoms. The number of aliphatic hydroxyl groups excluding tert-OH is 1. The smallest absolute Gasteiger partial charge is 0.239 e. The van der Waals surface area contributed by atoms with Crippen LogP contribution < -0.4 is 5.32 Å². The third-order valence-electron chi connectivity index (χ3n) is 2.85. The quantitative estimate of drug-likeness (QED) is 0.709. The molecule has 1 unspecified atom stereocenters. The number of hydrogen-bond acceptors (Lipinski definition) is 4. The summed E-state index contributed by atoms with van der Waals surface area (Å²) in [5.41, 5.74) is 1.00. The Balaban J connectivity index is 2.41. The molecule has 102 valence electrons. The normalized spacial score (nSPS) is 12.4. The summed E-state index contributed by atoms with van der Waals surface area (Å²) in [5.74, 6) is 0.0836. The molecule has 0 radical (unpaired) electrons. The van der Waals surface area contributed by atoms with Crippen LogP contribution in [0.4, 0.5) is 0 Å². The first-order valence-electron chi connectivity index (χ1n) is 6.19. The minimum Gasteiger partial charge on any atom is -0.394 e. The van der Waals surface area contributed by atoms with Crippen LogP contribution >= 0.6 is 0 Å². The van der Waals surface area contributed by atoms with Gasteiger partial charge in [-0.2, -0.15) is 5.10 Å². The van der Waals surface area contributed by atoms with Crippen molar-refractivity contribution in [1.82, 2.24) is 20.0 Å². The van der Waals surface area contributed by atoms with Gasteiger partial charge in [-0.15, -0.1) is 0 Å². The lowest BCUT2D eigenvalue weighted by Gasteiger charge is -2.20. The number of aliphatic hydroxyl groups is 1. The maximum atomic E-state index is 11.8. The molecule has 0 spiro atoms. The number of hydrogen-bond donors (Lipinski definition) is 2. The molecule has 0 saturated heterocycles. The van der Waals surface area contributed by atoms with Gasteiger partial charge in [0.25, 0.3) is 0 Å². The molecule has 1 atom stereocenters. The summed E-state index contributed by atoms with van der Waals surface area (Å²) >= 11 is 0.